The van der Waals surface area contributed by atoms with Crippen LogP contribution in [0.1, 0.15) is 25.3 Å². The van der Waals surface area contributed by atoms with E-state index in [2.05, 4.69) is 0 Å². The van der Waals surface area contributed by atoms with Crippen molar-refractivity contribution in [1.29, 1.82) is 0 Å². The van der Waals surface area contributed by atoms with Gasteiger partial charge in [0.2, 0.25) is 0 Å². The van der Waals surface area contributed by atoms with E-state index >= 15 is 0 Å². The zero-order valence-corrected chi connectivity index (χ0v) is 11.5. The highest BCUT2D eigenvalue weighted by molar-refractivity contribution is 6.01. The molecule has 0 radical (unpaired) electrons. The molecule has 2 unspecified atom stereocenters. The number of fused-ring (bicyclic) bond motifs is 1. The number of carbonyl (C=O) groups is 2. The molecular formula is C15H18N2O3. The van der Waals surface area contributed by atoms with Crippen molar-refractivity contribution in [1.82, 2.24) is 4.90 Å². The molecule has 5 nitrogen and oxygen atoms in total. The summed E-state index contributed by atoms with van der Waals surface area (Å²) in [5, 5.41) is 9.40. The Morgan fingerprint density at radius 1 is 1.30 bits per heavy atom. The Kier molecular flexibility index (Phi) is 3.12. The van der Waals surface area contributed by atoms with Gasteiger partial charge >= 0.3 is 12.0 Å². The van der Waals surface area contributed by atoms with Crippen molar-refractivity contribution < 1.29 is 14.7 Å². The maximum Gasteiger partial charge on any atom is 0.327 e. The van der Waals surface area contributed by atoms with Gasteiger partial charge in [-0.3, -0.25) is 4.90 Å². The number of anilines is 1. The van der Waals surface area contributed by atoms with Crippen LogP contribution in [-0.2, 0) is 11.2 Å². The van der Waals surface area contributed by atoms with Crippen LogP contribution in [0.25, 0.3) is 0 Å². The molecule has 1 aromatic carbocycles. The quantitative estimate of drug-likeness (QED) is 0.853. The molecule has 2 aliphatic rings. The zero-order chi connectivity index (χ0) is 14.3. The summed E-state index contributed by atoms with van der Waals surface area (Å²) in [5.41, 5.74) is 1.67. The van der Waals surface area contributed by atoms with Crippen LogP contribution in [0.4, 0.5) is 10.5 Å². The van der Waals surface area contributed by atoms with E-state index in [-0.39, 0.29) is 12.1 Å². The molecule has 1 saturated heterocycles. The van der Waals surface area contributed by atoms with Crippen molar-refractivity contribution in [3.05, 3.63) is 29.8 Å². The largest absolute Gasteiger partial charge is 0.480 e. The van der Waals surface area contributed by atoms with E-state index in [1.165, 1.54) is 4.90 Å². The number of rotatable bonds is 1. The van der Waals surface area contributed by atoms with Crippen LogP contribution >= 0.6 is 0 Å². The van der Waals surface area contributed by atoms with Gasteiger partial charge in [-0.05, 0) is 31.4 Å². The lowest BCUT2D eigenvalue weighted by atomic mass is 10.1. The lowest BCUT2D eigenvalue weighted by Crippen LogP contribution is -2.50. The Balaban J connectivity index is 1.96. The lowest BCUT2D eigenvalue weighted by Gasteiger charge is -2.30. The van der Waals surface area contributed by atoms with Gasteiger partial charge in [0.25, 0.3) is 0 Å². The predicted molar refractivity (Wildman–Crippen MR) is 74.8 cm³/mol. The Morgan fingerprint density at radius 3 is 2.70 bits per heavy atom. The monoisotopic (exact) mass is 274 g/mol. The highest BCUT2D eigenvalue weighted by Gasteiger charge is 2.41. The Labute approximate surface area is 117 Å². The Hall–Kier alpha value is -2.04. The van der Waals surface area contributed by atoms with Gasteiger partial charge in [0.05, 0.1) is 0 Å². The van der Waals surface area contributed by atoms with E-state index in [1.54, 1.807) is 4.90 Å². The lowest BCUT2D eigenvalue weighted by molar-refractivity contribution is -0.138. The summed E-state index contributed by atoms with van der Waals surface area (Å²) in [6.07, 6.45) is 2.36. The van der Waals surface area contributed by atoms with Crippen LogP contribution in [-0.4, -0.2) is 40.6 Å². The molecule has 2 atom stereocenters. The molecule has 0 bridgehead atoms. The first kappa shape index (κ1) is 13.0. The number of nitrogens with zero attached hydrogens (tertiary/aromatic N) is 2. The van der Waals surface area contributed by atoms with Gasteiger partial charge in [-0.25, -0.2) is 9.59 Å². The van der Waals surface area contributed by atoms with Crippen LogP contribution in [0, 0.1) is 0 Å². The molecule has 1 fully saturated rings. The highest BCUT2D eigenvalue weighted by atomic mass is 16.4. The minimum atomic E-state index is -0.943. The third-order valence-electron chi connectivity index (χ3n) is 4.27. The van der Waals surface area contributed by atoms with Gasteiger partial charge in [-0.15, -0.1) is 0 Å². The van der Waals surface area contributed by atoms with Crippen molar-refractivity contribution >= 4 is 17.7 Å². The molecule has 5 heteroatoms. The van der Waals surface area contributed by atoms with Crippen LogP contribution in [0.3, 0.4) is 0 Å². The number of carboxylic acid groups (broad SMARTS) is 1. The van der Waals surface area contributed by atoms with Crippen molar-refractivity contribution in [2.75, 3.05) is 11.4 Å². The topological polar surface area (TPSA) is 60.9 Å². The number of hydrogen-bond acceptors (Lipinski definition) is 2. The predicted octanol–water partition coefficient (Wildman–Crippen LogP) is 2.11. The third-order valence-corrected chi connectivity index (χ3v) is 4.27. The summed E-state index contributed by atoms with van der Waals surface area (Å²) in [6, 6.07) is 6.67. The van der Waals surface area contributed by atoms with Gasteiger partial charge in [-0.1, -0.05) is 18.2 Å². The first-order chi connectivity index (χ1) is 9.59. The van der Waals surface area contributed by atoms with E-state index in [0.717, 1.165) is 24.1 Å². The van der Waals surface area contributed by atoms with Gasteiger partial charge < -0.3 is 10.0 Å². The fourth-order valence-corrected chi connectivity index (χ4v) is 3.18. The SMILES string of the molecule is CC1CCCN1C(=O)N1c2ccccc2CC1C(=O)O. The second-order valence-corrected chi connectivity index (χ2v) is 5.52. The number of urea groups is 1. The molecule has 2 amide bonds. The molecule has 2 heterocycles. The van der Waals surface area contributed by atoms with E-state index in [9.17, 15) is 14.7 Å². The Bertz CT molecular complexity index is 558. The van der Waals surface area contributed by atoms with E-state index in [1.807, 2.05) is 31.2 Å². The molecule has 0 saturated carbocycles. The number of amides is 2. The molecule has 2 aliphatic heterocycles. The van der Waals surface area contributed by atoms with Gasteiger partial charge in [-0.2, -0.15) is 0 Å². The molecule has 3 rings (SSSR count). The molecule has 1 aromatic rings. The first-order valence-corrected chi connectivity index (χ1v) is 7.00. The third kappa shape index (κ3) is 1.94. The number of carbonyl (C=O) groups excluding carboxylic acids is 1. The average Bonchev–Trinajstić information content (AvgIpc) is 3.01. The molecule has 0 aromatic heterocycles. The van der Waals surface area contributed by atoms with Crippen molar-refractivity contribution in [3.63, 3.8) is 0 Å². The summed E-state index contributed by atoms with van der Waals surface area (Å²) in [4.78, 5) is 27.4. The van der Waals surface area contributed by atoms with Crippen LogP contribution in [0.15, 0.2) is 24.3 Å². The second kappa shape index (κ2) is 4.81. The minimum absolute atomic E-state index is 0.174. The Morgan fingerprint density at radius 2 is 2.05 bits per heavy atom. The minimum Gasteiger partial charge on any atom is -0.480 e. The van der Waals surface area contributed by atoms with Crippen molar-refractivity contribution in [2.45, 2.75) is 38.3 Å². The molecule has 0 aliphatic carbocycles. The van der Waals surface area contributed by atoms with E-state index in [4.69, 9.17) is 0 Å². The van der Waals surface area contributed by atoms with Crippen molar-refractivity contribution in [2.24, 2.45) is 0 Å². The van der Waals surface area contributed by atoms with Gasteiger partial charge in [0.1, 0.15) is 6.04 Å². The van der Waals surface area contributed by atoms with Crippen LogP contribution in [0.2, 0.25) is 0 Å². The molecule has 1 N–H and O–H groups in total. The molecule has 0 spiro atoms. The molecule has 106 valence electrons. The number of benzene rings is 1. The van der Waals surface area contributed by atoms with Crippen LogP contribution in [0.5, 0.6) is 0 Å². The summed E-state index contributed by atoms with van der Waals surface area (Å²) in [6.45, 7) is 2.73. The van der Waals surface area contributed by atoms with Gasteiger partial charge in [0, 0.05) is 24.7 Å². The number of aliphatic carboxylic acids is 1. The summed E-state index contributed by atoms with van der Waals surface area (Å²) in [5.74, 6) is -0.943. The molecule has 20 heavy (non-hydrogen) atoms. The maximum absolute atomic E-state index is 12.7. The second-order valence-electron chi connectivity index (χ2n) is 5.52. The highest BCUT2D eigenvalue weighted by Crippen LogP contribution is 2.34. The number of carboxylic acids is 1. The molecular weight excluding hydrogens is 256 g/mol. The fraction of sp³-hybridized carbons (Fsp3) is 0.467. The summed E-state index contributed by atoms with van der Waals surface area (Å²) < 4.78 is 0. The smallest absolute Gasteiger partial charge is 0.327 e. The standard InChI is InChI=1S/C15H18N2O3/c1-10-5-4-8-16(10)15(20)17-12-7-3-2-6-11(12)9-13(17)14(18)19/h2-3,6-7,10,13H,4-5,8-9H2,1H3,(H,18,19). The zero-order valence-electron chi connectivity index (χ0n) is 11.5. The maximum atomic E-state index is 12.7. The number of likely N-dealkylation sites (tertiary alicyclic amines) is 1. The summed E-state index contributed by atoms with van der Waals surface area (Å²) in [7, 11) is 0. The average molecular weight is 274 g/mol. The van der Waals surface area contributed by atoms with Crippen molar-refractivity contribution in [3.8, 4) is 0 Å². The number of hydrogen-bond donors (Lipinski definition) is 1. The number of para-hydroxylation sites is 1. The van der Waals surface area contributed by atoms with E-state index < -0.39 is 12.0 Å². The fourth-order valence-electron chi connectivity index (χ4n) is 3.18. The van der Waals surface area contributed by atoms with Gasteiger partial charge in [0.15, 0.2) is 0 Å². The normalized spacial score (nSPS) is 24.9. The first-order valence-electron chi connectivity index (χ1n) is 7.00. The summed E-state index contributed by atoms with van der Waals surface area (Å²) >= 11 is 0. The van der Waals surface area contributed by atoms with Crippen LogP contribution < -0.4 is 4.90 Å². The van der Waals surface area contributed by atoms with E-state index in [0.29, 0.717) is 13.0 Å².